The molecule has 4 nitrogen and oxygen atoms in total. The molecule has 0 saturated carbocycles. The molecule has 24 heavy (non-hydrogen) atoms. The van der Waals surface area contributed by atoms with E-state index >= 15 is 0 Å². The van der Waals surface area contributed by atoms with E-state index in [0.29, 0.717) is 6.54 Å². The Morgan fingerprint density at radius 2 is 2.04 bits per heavy atom. The summed E-state index contributed by atoms with van der Waals surface area (Å²) in [5.74, 6) is 0.909. The second-order valence-corrected chi connectivity index (χ2v) is 7.17. The normalized spacial score (nSPS) is 11.1. The monoisotopic (exact) mass is 476 g/mol. The van der Waals surface area contributed by atoms with Gasteiger partial charge in [0.05, 0.1) is 23.8 Å². The van der Waals surface area contributed by atoms with E-state index in [1.807, 2.05) is 14.0 Å². The molecule has 0 amide bonds. The van der Waals surface area contributed by atoms with Crippen LogP contribution in [0.15, 0.2) is 39.5 Å². The first-order valence-corrected chi connectivity index (χ1v) is 9.76. The Balaban J connectivity index is 0.00000288. The second kappa shape index (κ2) is 10.9. The number of guanidine groups is 1. The number of thiazole rings is 1. The number of nitrogens with one attached hydrogen (secondary N) is 1. The molecule has 1 N–H and O–H groups in total. The topological polar surface area (TPSA) is 40.5 Å². The van der Waals surface area contributed by atoms with Crippen LogP contribution in [0, 0.1) is 6.92 Å². The molecule has 0 aliphatic carbocycles. The highest BCUT2D eigenvalue weighted by molar-refractivity contribution is 14.0. The standard InChI is InChI=1S/C17H24N4S2.HI/c1-5-18-17(21(3)11-15-12-23-13(2)20-15)19-10-14-6-8-16(22-4)9-7-14;/h6-9,12H,5,10-11H2,1-4H3,(H,18,19);1H. The van der Waals surface area contributed by atoms with E-state index in [9.17, 15) is 0 Å². The smallest absolute Gasteiger partial charge is 0.194 e. The number of rotatable bonds is 6. The molecule has 1 aromatic heterocycles. The Morgan fingerprint density at radius 1 is 1.33 bits per heavy atom. The van der Waals surface area contributed by atoms with Gasteiger partial charge in [-0.1, -0.05) is 12.1 Å². The van der Waals surface area contributed by atoms with Gasteiger partial charge in [0, 0.05) is 23.9 Å². The summed E-state index contributed by atoms with van der Waals surface area (Å²) < 4.78 is 0. The lowest BCUT2D eigenvalue weighted by molar-refractivity contribution is 0.471. The maximum absolute atomic E-state index is 4.74. The van der Waals surface area contributed by atoms with Gasteiger partial charge < -0.3 is 10.2 Å². The molecule has 0 spiro atoms. The molecule has 0 aliphatic rings. The van der Waals surface area contributed by atoms with Gasteiger partial charge in [0.15, 0.2) is 5.96 Å². The third-order valence-electron chi connectivity index (χ3n) is 3.33. The molecule has 0 fully saturated rings. The molecule has 0 saturated heterocycles. The zero-order valence-corrected chi connectivity index (χ0v) is 18.5. The van der Waals surface area contributed by atoms with Crippen LogP contribution in [0.3, 0.4) is 0 Å². The zero-order valence-electron chi connectivity index (χ0n) is 14.6. The average molecular weight is 476 g/mol. The minimum absolute atomic E-state index is 0. The van der Waals surface area contributed by atoms with Crippen LogP contribution in [0.5, 0.6) is 0 Å². The SMILES string of the molecule is CCNC(=NCc1ccc(SC)cc1)N(C)Cc1csc(C)n1.I. The van der Waals surface area contributed by atoms with Gasteiger partial charge in [-0.15, -0.1) is 47.1 Å². The first-order chi connectivity index (χ1) is 11.1. The van der Waals surface area contributed by atoms with E-state index in [2.05, 4.69) is 58.0 Å². The molecule has 132 valence electrons. The number of aryl methyl sites for hydroxylation is 1. The van der Waals surface area contributed by atoms with Crippen LogP contribution in [-0.2, 0) is 13.1 Å². The minimum Gasteiger partial charge on any atom is -0.357 e. The Labute approximate surface area is 170 Å². The molecule has 1 heterocycles. The summed E-state index contributed by atoms with van der Waals surface area (Å²) in [6.07, 6.45) is 2.09. The fraction of sp³-hybridized carbons (Fsp3) is 0.412. The summed E-state index contributed by atoms with van der Waals surface area (Å²) in [7, 11) is 2.05. The van der Waals surface area contributed by atoms with Gasteiger partial charge in [0.1, 0.15) is 0 Å². The summed E-state index contributed by atoms with van der Waals surface area (Å²) in [6.45, 7) is 6.42. The van der Waals surface area contributed by atoms with Gasteiger partial charge >= 0.3 is 0 Å². The third-order valence-corrected chi connectivity index (χ3v) is 4.90. The lowest BCUT2D eigenvalue weighted by Gasteiger charge is -2.21. The molecule has 0 unspecified atom stereocenters. The van der Waals surface area contributed by atoms with E-state index in [1.54, 1.807) is 23.1 Å². The van der Waals surface area contributed by atoms with Crippen molar-refractivity contribution in [3.63, 3.8) is 0 Å². The van der Waals surface area contributed by atoms with Crippen molar-refractivity contribution in [3.05, 3.63) is 45.9 Å². The van der Waals surface area contributed by atoms with Crippen LogP contribution >= 0.6 is 47.1 Å². The van der Waals surface area contributed by atoms with Crippen LogP contribution in [0.1, 0.15) is 23.2 Å². The van der Waals surface area contributed by atoms with E-state index in [0.717, 1.165) is 29.8 Å². The second-order valence-electron chi connectivity index (χ2n) is 5.23. The van der Waals surface area contributed by atoms with Crippen molar-refractivity contribution in [2.45, 2.75) is 31.8 Å². The van der Waals surface area contributed by atoms with E-state index in [4.69, 9.17) is 4.99 Å². The Kier molecular flexibility index (Phi) is 9.68. The van der Waals surface area contributed by atoms with Gasteiger partial charge in [0.25, 0.3) is 0 Å². The van der Waals surface area contributed by atoms with Crippen LogP contribution in [-0.4, -0.2) is 35.7 Å². The fourth-order valence-corrected chi connectivity index (χ4v) is 3.18. The number of halogens is 1. The first kappa shape index (κ1) is 21.2. The number of hydrogen-bond acceptors (Lipinski definition) is 4. The Hall–Kier alpha value is -0.800. The number of aliphatic imine (C=N–C) groups is 1. The molecular weight excluding hydrogens is 451 g/mol. The maximum atomic E-state index is 4.74. The number of aromatic nitrogens is 1. The summed E-state index contributed by atoms with van der Waals surface area (Å²) in [5.41, 5.74) is 2.31. The van der Waals surface area contributed by atoms with Gasteiger partial charge in [0.2, 0.25) is 0 Å². The van der Waals surface area contributed by atoms with Crippen molar-refractivity contribution in [1.29, 1.82) is 0 Å². The van der Waals surface area contributed by atoms with Crippen LogP contribution in [0.2, 0.25) is 0 Å². The fourth-order valence-electron chi connectivity index (χ4n) is 2.17. The van der Waals surface area contributed by atoms with Crippen LogP contribution < -0.4 is 5.32 Å². The van der Waals surface area contributed by atoms with Crippen molar-refractivity contribution in [2.24, 2.45) is 4.99 Å². The van der Waals surface area contributed by atoms with E-state index < -0.39 is 0 Å². The number of hydrogen-bond donors (Lipinski definition) is 1. The maximum Gasteiger partial charge on any atom is 0.194 e. The Morgan fingerprint density at radius 3 is 2.58 bits per heavy atom. The molecule has 7 heteroatoms. The largest absolute Gasteiger partial charge is 0.357 e. The van der Waals surface area contributed by atoms with Crippen molar-refractivity contribution in [2.75, 3.05) is 19.8 Å². The van der Waals surface area contributed by atoms with Gasteiger partial charge in [-0.25, -0.2) is 9.98 Å². The summed E-state index contributed by atoms with van der Waals surface area (Å²) in [4.78, 5) is 12.7. The predicted molar refractivity (Wildman–Crippen MR) is 117 cm³/mol. The number of thioether (sulfide) groups is 1. The highest BCUT2D eigenvalue weighted by atomic mass is 127. The molecule has 0 radical (unpaired) electrons. The average Bonchev–Trinajstić information content (AvgIpc) is 2.96. The number of nitrogens with zero attached hydrogens (tertiary/aromatic N) is 3. The van der Waals surface area contributed by atoms with E-state index in [-0.39, 0.29) is 24.0 Å². The molecule has 1 aromatic carbocycles. The lowest BCUT2D eigenvalue weighted by Crippen LogP contribution is -2.38. The summed E-state index contributed by atoms with van der Waals surface area (Å²) in [5, 5.41) is 6.56. The van der Waals surface area contributed by atoms with Crippen molar-refractivity contribution in [1.82, 2.24) is 15.2 Å². The van der Waals surface area contributed by atoms with Gasteiger partial charge in [-0.05, 0) is 37.8 Å². The summed E-state index contributed by atoms with van der Waals surface area (Å²) >= 11 is 3.44. The molecule has 0 bridgehead atoms. The lowest BCUT2D eigenvalue weighted by atomic mass is 10.2. The highest BCUT2D eigenvalue weighted by Gasteiger charge is 2.08. The first-order valence-electron chi connectivity index (χ1n) is 7.65. The van der Waals surface area contributed by atoms with Gasteiger partial charge in [-0.3, -0.25) is 0 Å². The predicted octanol–water partition coefficient (Wildman–Crippen LogP) is 4.39. The third kappa shape index (κ3) is 6.60. The van der Waals surface area contributed by atoms with E-state index in [1.165, 1.54) is 10.5 Å². The molecular formula is C17H25IN4S2. The van der Waals surface area contributed by atoms with Gasteiger partial charge in [-0.2, -0.15) is 0 Å². The van der Waals surface area contributed by atoms with Crippen molar-refractivity contribution >= 4 is 53.0 Å². The quantitative estimate of drug-likeness (QED) is 0.291. The molecule has 0 aliphatic heterocycles. The van der Waals surface area contributed by atoms with Crippen LogP contribution in [0.25, 0.3) is 0 Å². The summed E-state index contributed by atoms with van der Waals surface area (Å²) in [6, 6.07) is 8.57. The molecule has 2 rings (SSSR count). The van der Waals surface area contributed by atoms with Crippen molar-refractivity contribution < 1.29 is 0 Å². The Bertz CT molecular complexity index is 640. The number of benzene rings is 1. The van der Waals surface area contributed by atoms with Crippen LogP contribution in [0.4, 0.5) is 0 Å². The zero-order chi connectivity index (χ0) is 16.7. The molecule has 0 atom stereocenters. The highest BCUT2D eigenvalue weighted by Crippen LogP contribution is 2.15. The molecule has 2 aromatic rings. The minimum atomic E-state index is 0. The van der Waals surface area contributed by atoms with Crippen molar-refractivity contribution in [3.8, 4) is 0 Å².